The monoisotopic (exact) mass is 415 g/mol. The molecular weight excluding hydrogens is 390 g/mol. The number of thioether (sulfide) groups is 1. The van der Waals surface area contributed by atoms with Crippen molar-refractivity contribution >= 4 is 34.4 Å². The van der Waals surface area contributed by atoms with Gasteiger partial charge in [-0.3, -0.25) is 14.4 Å². The predicted octanol–water partition coefficient (Wildman–Crippen LogP) is 3.34. The van der Waals surface area contributed by atoms with Crippen molar-refractivity contribution in [2.45, 2.75) is 13.3 Å². The molecule has 2 aromatic carbocycles. The number of hydrogen-bond donors (Lipinski definition) is 0. The van der Waals surface area contributed by atoms with Gasteiger partial charge in [0.25, 0.3) is 0 Å². The van der Waals surface area contributed by atoms with Gasteiger partial charge in [0.2, 0.25) is 5.91 Å². The van der Waals surface area contributed by atoms with Gasteiger partial charge < -0.3 is 14.4 Å². The molecule has 29 heavy (non-hydrogen) atoms. The van der Waals surface area contributed by atoms with E-state index >= 15 is 0 Å². The van der Waals surface area contributed by atoms with Crippen LogP contribution in [0.15, 0.2) is 54.6 Å². The van der Waals surface area contributed by atoms with Crippen LogP contribution in [0, 0.1) is 5.92 Å². The van der Waals surface area contributed by atoms with Crippen molar-refractivity contribution in [2.75, 3.05) is 31.4 Å². The quantitative estimate of drug-likeness (QED) is 0.585. The average Bonchev–Trinajstić information content (AvgIpc) is 2.75. The highest BCUT2D eigenvalue weighted by Crippen LogP contribution is 2.24. The lowest BCUT2D eigenvalue weighted by atomic mass is 9.99. The standard InChI is InChI=1S/C22H25NO5S/c1-16(24)29-15-18(13-17-7-5-4-6-8-17)22(26)23(14-21(25)28-3)19-9-11-20(27-2)12-10-19/h4-12,18H,13-15H2,1-3H3. The molecule has 2 aromatic rings. The molecule has 2 rings (SSSR count). The first-order valence-electron chi connectivity index (χ1n) is 9.14. The predicted molar refractivity (Wildman–Crippen MR) is 114 cm³/mol. The molecule has 1 unspecified atom stereocenters. The summed E-state index contributed by atoms with van der Waals surface area (Å²) in [7, 11) is 2.84. The summed E-state index contributed by atoms with van der Waals surface area (Å²) in [6.45, 7) is 1.27. The molecule has 0 heterocycles. The molecule has 0 saturated heterocycles. The van der Waals surface area contributed by atoms with Crippen molar-refractivity contribution in [2.24, 2.45) is 5.92 Å². The van der Waals surface area contributed by atoms with Gasteiger partial charge in [-0.25, -0.2) is 0 Å². The summed E-state index contributed by atoms with van der Waals surface area (Å²) in [6.07, 6.45) is 0.466. The number of nitrogens with zero attached hydrogens (tertiary/aromatic N) is 1. The smallest absolute Gasteiger partial charge is 0.325 e. The zero-order valence-corrected chi connectivity index (χ0v) is 17.6. The molecule has 0 fully saturated rings. The van der Waals surface area contributed by atoms with Crippen molar-refractivity contribution in [3.8, 4) is 5.75 Å². The second-order valence-corrected chi connectivity index (χ2v) is 7.58. The zero-order chi connectivity index (χ0) is 21.2. The fourth-order valence-electron chi connectivity index (χ4n) is 2.81. The number of benzene rings is 2. The Morgan fingerprint density at radius 1 is 1.00 bits per heavy atom. The van der Waals surface area contributed by atoms with Crippen molar-refractivity contribution < 1.29 is 23.9 Å². The van der Waals surface area contributed by atoms with Crippen molar-refractivity contribution in [1.82, 2.24) is 0 Å². The molecule has 0 N–H and O–H groups in total. The number of hydrogen-bond acceptors (Lipinski definition) is 6. The van der Waals surface area contributed by atoms with E-state index in [9.17, 15) is 14.4 Å². The first kappa shape index (κ1) is 22.5. The van der Waals surface area contributed by atoms with E-state index in [4.69, 9.17) is 9.47 Å². The molecule has 0 bridgehead atoms. The number of carbonyl (C=O) groups excluding carboxylic acids is 3. The van der Waals surface area contributed by atoms with E-state index in [-0.39, 0.29) is 17.6 Å². The topological polar surface area (TPSA) is 72.9 Å². The van der Waals surface area contributed by atoms with Crippen LogP contribution in [0.4, 0.5) is 5.69 Å². The fraction of sp³-hybridized carbons (Fsp3) is 0.318. The van der Waals surface area contributed by atoms with Crippen LogP contribution in [0.1, 0.15) is 12.5 Å². The third-order valence-corrected chi connectivity index (χ3v) is 5.30. The zero-order valence-electron chi connectivity index (χ0n) is 16.8. The second kappa shape index (κ2) is 11.3. The highest BCUT2D eigenvalue weighted by atomic mass is 32.2. The minimum absolute atomic E-state index is 0.0557. The van der Waals surface area contributed by atoms with E-state index in [1.165, 1.54) is 18.9 Å². The van der Waals surface area contributed by atoms with E-state index in [2.05, 4.69) is 0 Å². The Morgan fingerprint density at radius 3 is 2.21 bits per heavy atom. The third-order valence-electron chi connectivity index (χ3n) is 4.33. The number of methoxy groups -OCH3 is 2. The molecule has 0 radical (unpaired) electrons. The summed E-state index contributed by atoms with van der Waals surface area (Å²) in [5, 5.41) is -0.0557. The number of anilines is 1. The van der Waals surface area contributed by atoms with Crippen LogP contribution in [0.25, 0.3) is 0 Å². The molecular formula is C22H25NO5S. The first-order chi connectivity index (χ1) is 13.9. The Balaban J connectivity index is 2.32. The van der Waals surface area contributed by atoms with Crippen LogP contribution in [0.5, 0.6) is 5.75 Å². The number of esters is 1. The van der Waals surface area contributed by atoms with E-state index in [0.717, 1.165) is 17.3 Å². The van der Waals surface area contributed by atoms with E-state index in [1.807, 2.05) is 30.3 Å². The second-order valence-electron chi connectivity index (χ2n) is 6.39. The summed E-state index contributed by atoms with van der Waals surface area (Å²) >= 11 is 1.11. The SMILES string of the molecule is COC(=O)CN(C(=O)C(CSC(C)=O)Cc1ccccc1)c1ccc(OC)cc1. The Hall–Kier alpha value is -2.80. The molecule has 154 valence electrons. The van der Waals surface area contributed by atoms with Crippen molar-refractivity contribution in [1.29, 1.82) is 0 Å². The van der Waals surface area contributed by atoms with Crippen LogP contribution < -0.4 is 9.64 Å². The van der Waals surface area contributed by atoms with Gasteiger partial charge in [-0.2, -0.15) is 0 Å². The van der Waals surface area contributed by atoms with Crippen molar-refractivity contribution in [3.63, 3.8) is 0 Å². The molecule has 0 aromatic heterocycles. The molecule has 6 nitrogen and oxygen atoms in total. The Labute approximate surface area is 175 Å². The number of amides is 1. The van der Waals surface area contributed by atoms with Crippen LogP contribution in [-0.4, -0.2) is 43.5 Å². The minimum atomic E-state index is -0.521. The van der Waals surface area contributed by atoms with E-state index < -0.39 is 11.9 Å². The number of ether oxygens (including phenoxy) is 2. The highest BCUT2D eigenvalue weighted by molar-refractivity contribution is 8.13. The number of carbonyl (C=O) groups is 3. The molecule has 0 saturated carbocycles. The lowest BCUT2D eigenvalue weighted by molar-refractivity contribution is -0.140. The lowest BCUT2D eigenvalue weighted by Crippen LogP contribution is -2.41. The summed E-state index contributed by atoms with van der Waals surface area (Å²) < 4.78 is 9.94. The normalized spacial score (nSPS) is 11.4. The maximum atomic E-state index is 13.4. The molecule has 0 aliphatic heterocycles. The summed E-state index contributed by atoms with van der Waals surface area (Å²) in [5.41, 5.74) is 1.55. The summed E-state index contributed by atoms with van der Waals surface area (Å²) in [6, 6.07) is 16.5. The maximum Gasteiger partial charge on any atom is 0.325 e. The third kappa shape index (κ3) is 6.94. The highest BCUT2D eigenvalue weighted by Gasteiger charge is 2.28. The largest absolute Gasteiger partial charge is 0.497 e. The Bertz CT molecular complexity index is 823. The Morgan fingerprint density at radius 2 is 1.66 bits per heavy atom. The van der Waals surface area contributed by atoms with Gasteiger partial charge in [-0.15, -0.1) is 0 Å². The maximum absolute atomic E-state index is 13.4. The summed E-state index contributed by atoms with van der Waals surface area (Å²) in [4.78, 5) is 38.3. The summed E-state index contributed by atoms with van der Waals surface area (Å²) in [5.74, 6) is -0.257. The van der Waals surface area contributed by atoms with Crippen LogP contribution in [0.3, 0.4) is 0 Å². The molecule has 0 aliphatic carbocycles. The molecule has 0 aliphatic rings. The van der Waals surface area contributed by atoms with Gasteiger partial charge in [0.1, 0.15) is 12.3 Å². The van der Waals surface area contributed by atoms with Crippen molar-refractivity contribution in [3.05, 3.63) is 60.2 Å². The molecule has 1 amide bonds. The van der Waals surface area contributed by atoms with E-state index in [1.54, 1.807) is 31.4 Å². The van der Waals surface area contributed by atoms with Gasteiger partial charge >= 0.3 is 5.97 Å². The fourth-order valence-corrected chi connectivity index (χ4v) is 3.50. The van der Waals surface area contributed by atoms with Gasteiger partial charge in [0, 0.05) is 18.4 Å². The van der Waals surface area contributed by atoms with Crippen LogP contribution in [0.2, 0.25) is 0 Å². The lowest BCUT2D eigenvalue weighted by Gasteiger charge is -2.26. The Kier molecular flexibility index (Phi) is 8.73. The van der Waals surface area contributed by atoms with Gasteiger partial charge in [0.15, 0.2) is 5.12 Å². The molecule has 0 spiro atoms. The van der Waals surface area contributed by atoms with Crippen LogP contribution >= 0.6 is 11.8 Å². The molecule has 7 heteroatoms. The average molecular weight is 416 g/mol. The van der Waals surface area contributed by atoms with Crippen LogP contribution in [-0.2, 0) is 25.5 Å². The van der Waals surface area contributed by atoms with Gasteiger partial charge in [-0.05, 0) is 36.2 Å². The van der Waals surface area contributed by atoms with Gasteiger partial charge in [0.05, 0.1) is 20.1 Å². The van der Waals surface area contributed by atoms with E-state index in [0.29, 0.717) is 23.6 Å². The molecule has 1 atom stereocenters. The number of rotatable bonds is 9. The van der Waals surface area contributed by atoms with Gasteiger partial charge in [-0.1, -0.05) is 42.1 Å². The minimum Gasteiger partial charge on any atom is -0.497 e. The first-order valence-corrected chi connectivity index (χ1v) is 10.1.